The first kappa shape index (κ1) is 18.5. The largest absolute Gasteiger partial charge is 0.484 e. The Kier molecular flexibility index (Phi) is 6.12. The molecule has 0 saturated heterocycles. The molecule has 1 aromatic rings. The van der Waals surface area contributed by atoms with Gasteiger partial charge in [-0.05, 0) is 39.0 Å². The Bertz CT molecular complexity index is 569. The first-order chi connectivity index (χ1) is 10.7. The predicted octanol–water partition coefficient (Wildman–Crippen LogP) is 1.55. The molecule has 7 nitrogen and oxygen atoms in total. The standard InChI is InChI=1S/C16H21NO6/c1-16(2,3)17-13(18)9-23-12-7-10(14(19)21-4)6-11(8-12)15(20)22-5/h6-8H,9H2,1-5H3,(H,17,18). The molecule has 0 unspecified atom stereocenters. The van der Waals surface area contributed by atoms with Gasteiger partial charge >= 0.3 is 11.9 Å². The highest BCUT2D eigenvalue weighted by atomic mass is 16.5. The van der Waals surface area contributed by atoms with Gasteiger partial charge in [0.1, 0.15) is 5.75 Å². The molecule has 0 bridgehead atoms. The van der Waals surface area contributed by atoms with Gasteiger partial charge in [-0.15, -0.1) is 0 Å². The number of rotatable bonds is 5. The summed E-state index contributed by atoms with van der Waals surface area (Å²) in [6.45, 7) is 5.29. The molecule has 1 N–H and O–H groups in total. The Morgan fingerprint density at radius 1 is 0.957 bits per heavy atom. The van der Waals surface area contributed by atoms with Crippen molar-refractivity contribution in [3.8, 4) is 5.75 Å². The van der Waals surface area contributed by atoms with Crippen LogP contribution in [-0.4, -0.2) is 44.2 Å². The van der Waals surface area contributed by atoms with Gasteiger partial charge in [-0.3, -0.25) is 4.79 Å². The SMILES string of the molecule is COC(=O)c1cc(OCC(=O)NC(C)(C)C)cc(C(=O)OC)c1. The maximum atomic E-state index is 11.8. The van der Waals surface area contributed by atoms with Crippen LogP contribution in [0.15, 0.2) is 18.2 Å². The zero-order chi connectivity index (χ0) is 17.6. The van der Waals surface area contributed by atoms with Crippen LogP contribution >= 0.6 is 0 Å². The minimum absolute atomic E-state index is 0.127. The summed E-state index contributed by atoms with van der Waals surface area (Å²) in [6, 6.07) is 4.12. The lowest BCUT2D eigenvalue weighted by Crippen LogP contribution is -2.43. The van der Waals surface area contributed by atoms with Crippen molar-refractivity contribution in [1.29, 1.82) is 0 Å². The molecule has 126 valence electrons. The number of benzene rings is 1. The number of hydrogen-bond acceptors (Lipinski definition) is 6. The minimum atomic E-state index is -0.625. The fourth-order valence-corrected chi connectivity index (χ4v) is 1.76. The lowest BCUT2D eigenvalue weighted by Gasteiger charge is -2.20. The van der Waals surface area contributed by atoms with E-state index in [-0.39, 0.29) is 34.9 Å². The zero-order valence-corrected chi connectivity index (χ0v) is 13.9. The highest BCUT2D eigenvalue weighted by molar-refractivity contribution is 5.96. The molecule has 0 saturated carbocycles. The van der Waals surface area contributed by atoms with Gasteiger partial charge in [-0.25, -0.2) is 9.59 Å². The van der Waals surface area contributed by atoms with Gasteiger partial charge < -0.3 is 19.5 Å². The summed E-state index contributed by atoms with van der Waals surface area (Å²) in [7, 11) is 2.45. The second-order valence-electron chi connectivity index (χ2n) is 5.82. The Morgan fingerprint density at radius 2 is 1.43 bits per heavy atom. The Morgan fingerprint density at radius 3 is 1.83 bits per heavy atom. The van der Waals surface area contributed by atoms with Crippen molar-refractivity contribution in [3.63, 3.8) is 0 Å². The van der Waals surface area contributed by atoms with Crippen LogP contribution in [0.5, 0.6) is 5.75 Å². The smallest absolute Gasteiger partial charge is 0.338 e. The van der Waals surface area contributed by atoms with E-state index < -0.39 is 11.9 Å². The summed E-state index contributed by atoms with van der Waals surface area (Å²) in [6.07, 6.45) is 0. The second-order valence-corrected chi connectivity index (χ2v) is 5.82. The molecule has 0 aliphatic heterocycles. The molecule has 0 fully saturated rings. The van der Waals surface area contributed by atoms with E-state index in [9.17, 15) is 14.4 Å². The quantitative estimate of drug-likeness (QED) is 0.827. The first-order valence-corrected chi connectivity index (χ1v) is 6.92. The number of esters is 2. The lowest BCUT2D eigenvalue weighted by molar-refractivity contribution is -0.124. The van der Waals surface area contributed by atoms with Crippen molar-refractivity contribution >= 4 is 17.8 Å². The summed E-state index contributed by atoms with van der Waals surface area (Å²) in [5.41, 5.74) is -0.130. The number of carbonyl (C=O) groups excluding carboxylic acids is 3. The van der Waals surface area contributed by atoms with Crippen LogP contribution in [0.3, 0.4) is 0 Å². The van der Waals surface area contributed by atoms with Crippen LogP contribution in [0.2, 0.25) is 0 Å². The number of nitrogens with one attached hydrogen (secondary N) is 1. The Balaban J connectivity index is 2.94. The number of ether oxygens (including phenoxy) is 3. The highest BCUT2D eigenvalue weighted by Crippen LogP contribution is 2.19. The minimum Gasteiger partial charge on any atom is -0.484 e. The van der Waals surface area contributed by atoms with Crippen LogP contribution in [0.1, 0.15) is 41.5 Å². The van der Waals surface area contributed by atoms with E-state index in [0.717, 1.165) is 0 Å². The molecular weight excluding hydrogens is 302 g/mol. The molecule has 0 atom stereocenters. The van der Waals surface area contributed by atoms with E-state index in [1.807, 2.05) is 20.8 Å². The van der Waals surface area contributed by atoms with Gasteiger partial charge in [0.25, 0.3) is 5.91 Å². The van der Waals surface area contributed by atoms with E-state index in [1.165, 1.54) is 32.4 Å². The van der Waals surface area contributed by atoms with Crippen molar-refractivity contribution in [2.24, 2.45) is 0 Å². The maximum absolute atomic E-state index is 11.8. The molecule has 0 radical (unpaired) electrons. The van der Waals surface area contributed by atoms with E-state index in [2.05, 4.69) is 14.8 Å². The van der Waals surface area contributed by atoms with Crippen LogP contribution in [0.4, 0.5) is 0 Å². The number of amides is 1. The fourth-order valence-electron chi connectivity index (χ4n) is 1.76. The van der Waals surface area contributed by atoms with Crippen LogP contribution in [-0.2, 0) is 14.3 Å². The number of hydrogen-bond donors (Lipinski definition) is 1. The van der Waals surface area contributed by atoms with Crippen molar-refractivity contribution < 1.29 is 28.6 Å². The molecule has 0 aliphatic rings. The van der Waals surface area contributed by atoms with Crippen LogP contribution < -0.4 is 10.1 Å². The second kappa shape index (κ2) is 7.62. The maximum Gasteiger partial charge on any atom is 0.338 e. The Hall–Kier alpha value is -2.57. The average molecular weight is 323 g/mol. The molecular formula is C16H21NO6. The van der Waals surface area contributed by atoms with Gasteiger partial charge in [-0.2, -0.15) is 0 Å². The van der Waals surface area contributed by atoms with E-state index >= 15 is 0 Å². The summed E-state index contributed by atoms with van der Waals surface area (Å²) < 4.78 is 14.6. The normalized spacial score (nSPS) is 10.7. The summed E-state index contributed by atoms with van der Waals surface area (Å²) in [5.74, 6) is -1.38. The predicted molar refractivity (Wildman–Crippen MR) is 82.5 cm³/mol. The summed E-state index contributed by atoms with van der Waals surface area (Å²) in [5, 5.41) is 2.74. The zero-order valence-electron chi connectivity index (χ0n) is 13.9. The van der Waals surface area contributed by atoms with Crippen molar-refractivity contribution in [2.45, 2.75) is 26.3 Å². The fraction of sp³-hybridized carbons (Fsp3) is 0.438. The molecule has 1 aromatic carbocycles. The van der Waals surface area contributed by atoms with E-state index in [4.69, 9.17) is 4.74 Å². The lowest BCUT2D eigenvalue weighted by atomic mass is 10.1. The third-order valence-corrected chi connectivity index (χ3v) is 2.63. The van der Waals surface area contributed by atoms with E-state index in [0.29, 0.717) is 0 Å². The molecule has 0 aromatic heterocycles. The topological polar surface area (TPSA) is 90.9 Å². The van der Waals surface area contributed by atoms with Crippen molar-refractivity contribution in [3.05, 3.63) is 29.3 Å². The van der Waals surface area contributed by atoms with Gasteiger partial charge in [0.05, 0.1) is 25.3 Å². The van der Waals surface area contributed by atoms with Gasteiger partial charge in [0.15, 0.2) is 6.61 Å². The van der Waals surface area contributed by atoms with Crippen LogP contribution in [0, 0.1) is 0 Å². The highest BCUT2D eigenvalue weighted by Gasteiger charge is 2.17. The molecule has 0 heterocycles. The average Bonchev–Trinajstić information content (AvgIpc) is 2.49. The number of carbonyl (C=O) groups is 3. The summed E-state index contributed by atoms with van der Waals surface area (Å²) in [4.78, 5) is 35.1. The molecule has 0 spiro atoms. The molecule has 23 heavy (non-hydrogen) atoms. The molecule has 1 amide bonds. The van der Waals surface area contributed by atoms with Crippen molar-refractivity contribution in [1.82, 2.24) is 5.32 Å². The van der Waals surface area contributed by atoms with Gasteiger partial charge in [0.2, 0.25) is 0 Å². The van der Waals surface area contributed by atoms with Gasteiger partial charge in [-0.1, -0.05) is 0 Å². The van der Waals surface area contributed by atoms with Crippen LogP contribution in [0.25, 0.3) is 0 Å². The summed E-state index contributed by atoms with van der Waals surface area (Å²) >= 11 is 0. The third kappa shape index (κ3) is 5.98. The van der Waals surface area contributed by atoms with E-state index in [1.54, 1.807) is 0 Å². The molecule has 7 heteroatoms. The third-order valence-electron chi connectivity index (χ3n) is 2.63. The monoisotopic (exact) mass is 323 g/mol. The van der Waals surface area contributed by atoms with Gasteiger partial charge in [0, 0.05) is 5.54 Å². The number of methoxy groups -OCH3 is 2. The molecule has 0 aliphatic carbocycles. The van der Waals surface area contributed by atoms with Crippen molar-refractivity contribution in [2.75, 3.05) is 20.8 Å². The Labute approximate surface area is 134 Å². The first-order valence-electron chi connectivity index (χ1n) is 6.92. The molecule has 1 rings (SSSR count).